The van der Waals surface area contributed by atoms with Crippen molar-refractivity contribution in [1.29, 1.82) is 0 Å². The number of rotatable bonds is 4. The van der Waals surface area contributed by atoms with Crippen LogP contribution in [0.5, 0.6) is 0 Å². The van der Waals surface area contributed by atoms with Gasteiger partial charge in [0.1, 0.15) is 0 Å². The van der Waals surface area contributed by atoms with Crippen molar-refractivity contribution in [2.45, 2.75) is 36.7 Å². The van der Waals surface area contributed by atoms with Gasteiger partial charge in [0.2, 0.25) is 0 Å². The van der Waals surface area contributed by atoms with Crippen LogP contribution < -0.4 is 0 Å². The van der Waals surface area contributed by atoms with E-state index in [1.807, 2.05) is 18.2 Å². The fraction of sp³-hybridized carbons (Fsp3) is 0.333. The molecular weight excluding hydrogens is 264 g/mol. The zero-order valence-corrected chi connectivity index (χ0v) is 12.6. The molecule has 0 bridgehead atoms. The lowest BCUT2D eigenvalue weighted by Crippen LogP contribution is -2.03. The third-order valence-corrected chi connectivity index (χ3v) is 4.90. The van der Waals surface area contributed by atoms with Gasteiger partial charge in [-0.2, -0.15) is 0 Å². The summed E-state index contributed by atoms with van der Waals surface area (Å²) >= 11 is 1.69. The molecule has 1 N–H and O–H groups in total. The molecule has 0 heterocycles. The van der Waals surface area contributed by atoms with Crippen LogP contribution in [-0.4, -0.2) is 11.4 Å². The van der Waals surface area contributed by atoms with Crippen molar-refractivity contribution >= 4 is 11.8 Å². The number of aryl methyl sites for hydroxylation is 2. The highest BCUT2D eigenvalue weighted by Gasteiger charge is 2.15. The Labute approximate surface area is 125 Å². The van der Waals surface area contributed by atoms with Crippen molar-refractivity contribution in [2.24, 2.45) is 0 Å². The Morgan fingerprint density at radius 3 is 2.75 bits per heavy atom. The van der Waals surface area contributed by atoms with Crippen LogP contribution in [0.25, 0.3) is 0 Å². The van der Waals surface area contributed by atoms with Crippen LogP contribution in [0.4, 0.5) is 0 Å². The van der Waals surface area contributed by atoms with Crippen LogP contribution in [0.1, 0.15) is 34.8 Å². The van der Waals surface area contributed by atoms with Crippen molar-refractivity contribution in [3.05, 3.63) is 64.7 Å². The fourth-order valence-electron chi connectivity index (χ4n) is 3.03. The normalized spacial score (nSPS) is 15.1. The third-order valence-electron chi connectivity index (χ3n) is 4.09. The molecule has 1 aliphatic carbocycles. The monoisotopic (exact) mass is 284 g/mol. The quantitative estimate of drug-likeness (QED) is 0.850. The fourth-order valence-corrected chi connectivity index (χ4v) is 3.68. The summed E-state index contributed by atoms with van der Waals surface area (Å²) < 4.78 is 0. The summed E-state index contributed by atoms with van der Waals surface area (Å²) in [7, 11) is 0. The van der Waals surface area contributed by atoms with Crippen LogP contribution in [0.2, 0.25) is 0 Å². The van der Waals surface area contributed by atoms with Crippen LogP contribution >= 0.6 is 11.8 Å². The van der Waals surface area contributed by atoms with Gasteiger partial charge < -0.3 is 5.11 Å². The molecule has 0 radical (unpaired) electrons. The molecule has 0 saturated heterocycles. The Hall–Kier alpha value is -1.25. The second-order valence-electron chi connectivity index (χ2n) is 5.42. The van der Waals surface area contributed by atoms with E-state index in [2.05, 4.69) is 30.5 Å². The SMILES string of the molecule is CSc1ccccc1C(O)Cc1ccc2c(c1)CCC2. The molecule has 0 aliphatic heterocycles. The molecule has 0 amide bonds. The van der Waals surface area contributed by atoms with Crippen LogP contribution in [0, 0.1) is 0 Å². The lowest BCUT2D eigenvalue weighted by Gasteiger charge is -2.15. The summed E-state index contributed by atoms with van der Waals surface area (Å²) in [4.78, 5) is 1.17. The van der Waals surface area contributed by atoms with E-state index >= 15 is 0 Å². The standard InChI is InChI=1S/C18H20OS/c1-20-18-8-3-2-7-16(18)17(19)12-13-9-10-14-5-4-6-15(14)11-13/h2-3,7-11,17,19H,4-6,12H2,1H3. The van der Waals surface area contributed by atoms with Gasteiger partial charge in [-0.25, -0.2) is 0 Å². The first kappa shape index (κ1) is 13.7. The largest absolute Gasteiger partial charge is 0.388 e. The van der Waals surface area contributed by atoms with Gasteiger partial charge >= 0.3 is 0 Å². The highest BCUT2D eigenvalue weighted by atomic mass is 32.2. The van der Waals surface area contributed by atoms with E-state index < -0.39 is 6.10 Å². The van der Waals surface area contributed by atoms with Gasteiger partial charge in [-0.15, -0.1) is 11.8 Å². The van der Waals surface area contributed by atoms with Gasteiger partial charge in [-0.3, -0.25) is 0 Å². The van der Waals surface area contributed by atoms with Gasteiger partial charge in [0, 0.05) is 11.3 Å². The van der Waals surface area contributed by atoms with E-state index in [4.69, 9.17) is 0 Å². The van der Waals surface area contributed by atoms with Gasteiger partial charge in [0.05, 0.1) is 6.10 Å². The van der Waals surface area contributed by atoms with Crippen molar-refractivity contribution in [3.8, 4) is 0 Å². The molecule has 2 heteroatoms. The van der Waals surface area contributed by atoms with E-state index in [-0.39, 0.29) is 0 Å². The Morgan fingerprint density at radius 2 is 1.90 bits per heavy atom. The Balaban J connectivity index is 1.80. The first-order valence-corrected chi connectivity index (χ1v) is 8.42. The summed E-state index contributed by atoms with van der Waals surface area (Å²) in [6, 6.07) is 14.8. The molecule has 0 aromatic heterocycles. The lowest BCUT2D eigenvalue weighted by molar-refractivity contribution is 0.175. The van der Waals surface area contributed by atoms with E-state index in [0.29, 0.717) is 6.42 Å². The summed E-state index contributed by atoms with van der Waals surface area (Å²) in [6.07, 6.45) is 6.02. The summed E-state index contributed by atoms with van der Waals surface area (Å²) in [5.74, 6) is 0. The van der Waals surface area contributed by atoms with Crippen molar-refractivity contribution in [1.82, 2.24) is 0 Å². The van der Waals surface area contributed by atoms with Gasteiger partial charge in [0.25, 0.3) is 0 Å². The minimum atomic E-state index is -0.418. The van der Waals surface area contributed by atoms with Gasteiger partial charge in [0.15, 0.2) is 0 Å². The summed E-state index contributed by atoms with van der Waals surface area (Å²) in [6.45, 7) is 0. The Morgan fingerprint density at radius 1 is 1.10 bits per heavy atom. The number of hydrogen-bond donors (Lipinski definition) is 1. The summed E-state index contributed by atoms with van der Waals surface area (Å²) in [5.41, 5.74) is 5.26. The molecule has 20 heavy (non-hydrogen) atoms. The number of thioether (sulfide) groups is 1. The molecule has 0 saturated carbocycles. The highest BCUT2D eigenvalue weighted by Crippen LogP contribution is 2.29. The lowest BCUT2D eigenvalue weighted by atomic mass is 9.98. The zero-order valence-electron chi connectivity index (χ0n) is 11.8. The minimum absolute atomic E-state index is 0.418. The third kappa shape index (κ3) is 2.77. The molecule has 0 spiro atoms. The van der Waals surface area contributed by atoms with Gasteiger partial charge in [-0.1, -0.05) is 36.4 Å². The van der Waals surface area contributed by atoms with E-state index in [1.165, 1.54) is 40.8 Å². The Kier molecular flexibility index (Phi) is 4.13. The number of benzene rings is 2. The molecule has 1 aliphatic rings. The maximum absolute atomic E-state index is 10.5. The Bertz CT molecular complexity index is 606. The predicted octanol–water partition coefficient (Wildman–Crippen LogP) is 4.17. The first-order chi connectivity index (χ1) is 9.78. The maximum atomic E-state index is 10.5. The topological polar surface area (TPSA) is 20.2 Å². The number of hydrogen-bond acceptors (Lipinski definition) is 2. The van der Waals surface area contributed by atoms with E-state index in [9.17, 15) is 5.11 Å². The van der Waals surface area contributed by atoms with Crippen molar-refractivity contribution in [3.63, 3.8) is 0 Å². The molecule has 1 nitrogen and oxygen atoms in total. The molecule has 1 unspecified atom stereocenters. The maximum Gasteiger partial charge on any atom is 0.0841 e. The van der Waals surface area contributed by atoms with Crippen LogP contribution in [0.3, 0.4) is 0 Å². The molecule has 0 fully saturated rings. The first-order valence-electron chi connectivity index (χ1n) is 7.19. The van der Waals surface area contributed by atoms with Crippen LogP contribution in [-0.2, 0) is 19.3 Å². The smallest absolute Gasteiger partial charge is 0.0841 e. The molecule has 104 valence electrons. The van der Waals surface area contributed by atoms with Crippen molar-refractivity contribution < 1.29 is 5.11 Å². The van der Waals surface area contributed by atoms with Gasteiger partial charge in [-0.05, 0) is 53.8 Å². The second-order valence-corrected chi connectivity index (χ2v) is 6.27. The number of aliphatic hydroxyl groups excluding tert-OH is 1. The van der Waals surface area contributed by atoms with E-state index in [0.717, 1.165) is 5.56 Å². The molecule has 3 rings (SSSR count). The average Bonchev–Trinajstić information content (AvgIpc) is 2.94. The zero-order chi connectivity index (χ0) is 13.9. The minimum Gasteiger partial charge on any atom is -0.388 e. The predicted molar refractivity (Wildman–Crippen MR) is 85.4 cm³/mol. The summed E-state index contributed by atoms with van der Waals surface area (Å²) in [5, 5.41) is 10.5. The molecular formula is C18H20OS. The number of fused-ring (bicyclic) bond motifs is 1. The van der Waals surface area contributed by atoms with Crippen LogP contribution in [0.15, 0.2) is 47.4 Å². The number of aliphatic hydroxyl groups is 1. The highest BCUT2D eigenvalue weighted by molar-refractivity contribution is 7.98. The van der Waals surface area contributed by atoms with E-state index in [1.54, 1.807) is 11.8 Å². The molecule has 2 aromatic rings. The van der Waals surface area contributed by atoms with Crippen molar-refractivity contribution in [2.75, 3.05) is 6.26 Å². The molecule has 1 atom stereocenters. The second kappa shape index (κ2) is 6.02. The molecule has 2 aromatic carbocycles. The average molecular weight is 284 g/mol.